The van der Waals surface area contributed by atoms with Gasteiger partial charge in [0.25, 0.3) is 0 Å². The molecular formula is C16H15F3O. The highest BCUT2D eigenvalue weighted by molar-refractivity contribution is 5.65. The second-order valence-corrected chi connectivity index (χ2v) is 4.50. The summed E-state index contributed by atoms with van der Waals surface area (Å²) in [4.78, 5) is 0. The lowest BCUT2D eigenvalue weighted by molar-refractivity contribution is 0.195. The third-order valence-corrected chi connectivity index (χ3v) is 3.10. The van der Waals surface area contributed by atoms with Crippen molar-refractivity contribution in [1.29, 1.82) is 0 Å². The minimum absolute atomic E-state index is 0.199. The standard InChI is InChI=1S/C16H15F3O/c1-20-9-3-4-11-7-8-12(10-15(11)19)16-13(17)5-2-6-14(16)18/h2,5-8,10H,3-4,9H2,1H3. The molecule has 106 valence electrons. The predicted molar refractivity (Wildman–Crippen MR) is 71.9 cm³/mol. The second kappa shape index (κ2) is 6.57. The zero-order chi connectivity index (χ0) is 14.5. The molecular weight excluding hydrogens is 265 g/mol. The Kier molecular flexibility index (Phi) is 4.79. The SMILES string of the molecule is COCCCc1ccc(-c2c(F)cccc2F)cc1F. The molecule has 20 heavy (non-hydrogen) atoms. The number of ether oxygens (including phenoxy) is 1. The van der Waals surface area contributed by atoms with Crippen LogP contribution >= 0.6 is 0 Å². The van der Waals surface area contributed by atoms with E-state index in [2.05, 4.69) is 0 Å². The van der Waals surface area contributed by atoms with Crippen LogP contribution in [0.4, 0.5) is 13.2 Å². The first kappa shape index (κ1) is 14.6. The van der Waals surface area contributed by atoms with Gasteiger partial charge < -0.3 is 4.74 Å². The maximum absolute atomic E-state index is 13.9. The first-order valence-electron chi connectivity index (χ1n) is 6.35. The topological polar surface area (TPSA) is 9.23 Å². The number of rotatable bonds is 5. The van der Waals surface area contributed by atoms with Gasteiger partial charge in [-0.2, -0.15) is 0 Å². The van der Waals surface area contributed by atoms with Crippen molar-refractivity contribution in [2.75, 3.05) is 13.7 Å². The van der Waals surface area contributed by atoms with Gasteiger partial charge in [-0.3, -0.25) is 0 Å². The van der Waals surface area contributed by atoms with E-state index in [9.17, 15) is 13.2 Å². The monoisotopic (exact) mass is 280 g/mol. The molecule has 1 nitrogen and oxygen atoms in total. The lowest BCUT2D eigenvalue weighted by Gasteiger charge is -2.08. The molecule has 4 heteroatoms. The highest BCUT2D eigenvalue weighted by Crippen LogP contribution is 2.27. The van der Waals surface area contributed by atoms with Crippen molar-refractivity contribution in [2.24, 2.45) is 0 Å². The quantitative estimate of drug-likeness (QED) is 0.740. The van der Waals surface area contributed by atoms with Gasteiger partial charge in [-0.1, -0.05) is 18.2 Å². The van der Waals surface area contributed by atoms with Crippen LogP contribution in [-0.2, 0) is 11.2 Å². The van der Waals surface area contributed by atoms with E-state index >= 15 is 0 Å². The molecule has 0 aliphatic heterocycles. The molecule has 0 aliphatic rings. The highest BCUT2D eigenvalue weighted by atomic mass is 19.1. The van der Waals surface area contributed by atoms with E-state index in [1.807, 2.05) is 0 Å². The van der Waals surface area contributed by atoms with E-state index in [1.165, 1.54) is 18.2 Å². The molecule has 0 atom stereocenters. The maximum Gasteiger partial charge on any atom is 0.133 e. The van der Waals surface area contributed by atoms with Crippen LogP contribution in [0.2, 0.25) is 0 Å². The largest absolute Gasteiger partial charge is 0.385 e. The molecule has 0 fully saturated rings. The van der Waals surface area contributed by atoms with Crippen molar-refractivity contribution >= 4 is 0 Å². The third kappa shape index (κ3) is 3.20. The average Bonchev–Trinajstić information content (AvgIpc) is 2.41. The second-order valence-electron chi connectivity index (χ2n) is 4.50. The molecule has 0 bridgehead atoms. The summed E-state index contributed by atoms with van der Waals surface area (Å²) >= 11 is 0. The fourth-order valence-corrected chi connectivity index (χ4v) is 2.09. The lowest BCUT2D eigenvalue weighted by atomic mass is 10.0. The number of methoxy groups -OCH3 is 1. The maximum atomic E-state index is 13.9. The summed E-state index contributed by atoms with van der Waals surface area (Å²) in [5.41, 5.74) is 0.519. The van der Waals surface area contributed by atoms with Gasteiger partial charge in [-0.25, -0.2) is 13.2 Å². The van der Waals surface area contributed by atoms with Crippen LogP contribution < -0.4 is 0 Å². The Hall–Kier alpha value is -1.81. The Morgan fingerprint density at radius 2 is 1.65 bits per heavy atom. The normalized spacial score (nSPS) is 10.8. The van der Waals surface area contributed by atoms with Crippen LogP contribution in [0.3, 0.4) is 0 Å². The Balaban J connectivity index is 2.29. The zero-order valence-corrected chi connectivity index (χ0v) is 11.1. The van der Waals surface area contributed by atoms with E-state index in [1.54, 1.807) is 13.2 Å². The number of hydrogen-bond acceptors (Lipinski definition) is 1. The molecule has 0 aliphatic carbocycles. The van der Waals surface area contributed by atoms with Gasteiger partial charge >= 0.3 is 0 Å². The van der Waals surface area contributed by atoms with E-state index in [4.69, 9.17) is 4.74 Å². The van der Waals surface area contributed by atoms with Gasteiger partial charge in [-0.05, 0) is 42.2 Å². The minimum Gasteiger partial charge on any atom is -0.385 e. The van der Waals surface area contributed by atoms with E-state index in [0.29, 0.717) is 25.0 Å². The number of hydrogen-bond donors (Lipinski definition) is 0. The fourth-order valence-electron chi connectivity index (χ4n) is 2.09. The van der Waals surface area contributed by atoms with Crippen LogP contribution in [0.5, 0.6) is 0 Å². The van der Waals surface area contributed by atoms with Crippen LogP contribution in [0, 0.1) is 17.5 Å². The molecule has 2 aromatic carbocycles. The first-order valence-corrected chi connectivity index (χ1v) is 6.35. The average molecular weight is 280 g/mol. The van der Waals surface area contributed by atoms with Crippen molar-refractivity contribution in [2.45, 2.75) is 12.8 Å². The van der Waals surface area contributed by atoms with Gasteiger partial charge in [0, 0.05) is 13.7 Å². The molecule has 0 unspecified atom stereocenters. The van der Waals surface area contributed by atoms with Crippen molar-refractivity contribution in [3.05, 3.63) is 59.4 Å². The lowest BCUT2D eigenvalue weighted by Crippen LogP contribution is -1.97. The summed E-state index contributed by atoms with van der Waals surface area (Å²) in [5.74, 6) is -1.85. The first-order chi connectivity index (χ1) is 9.63. The number of aryl methyl sites for hydroxylation is 1. The van der Waals surface area contributed by atoms with Crippen LogP contribution in [0.1, 0.15) is 12.0 Å². The van der Waals surface area contributed by atoms with Crippen molar-refractivity contribution in [1.82, 2.24) is 0 Å². The van der Waals surface area contributed by atoms with Crippen LogP contribution in [0.25, 0.3) is 11.1 Å². The molecule has 0 aromatic heterocycles. The van der Waals surface area contributed by atoms with E-state index in [-0.39, 0.29) is 11.1 Å². The molecule has 0 saturated heterocycles. The molecule has 2 aromatic rings. The number of halogens is 3. The van der Waals surface area contributed by atoms with Gasteiger partial charge in [0.15, 0.2) is 0 Å². The highest BCUT2D eigenvalue weighted by Gasteiger charge is 2.13. The Labute approximate surface area is 116 Å². The summed E-state index contributed by atoms with van der Waals surface area (Å²) in [6, 6.07) is 7.86. The summed E-state index contributed by atoms with van der Waals surface area (Å²) in [5, 5.41) is 0. The molecule has 0 saturated carbocycles. The van der Waals surface area contributed by atoms with Gasteiger partial charge in [0.05, 0.1) is 5.56 Å². The molecule has 0 N–H and O–H groups in total. The minimum atomic E-state index is -0.698. The van der Waals surface area contributed by atoms with Crippen molar-refractivity contribution in [3.8, 4) is 11.1 Å². The molecule has 0 radical (unpaired) electrons. The summed E-state index contributed by atoms with van der Waals surface area (Å²) in [6.45, 7) is 0.545. The smallest absolute Gasteiger partial charge is 0.133 e. The van der Waals surface area contributed by atoms with Crippen molar-refractivity contribution < 1.29 is 17.9 Å². The summed E-state index contributed by atoms with van der Waals surface area (Å²) in [6.07, 6.45) is 1.22. The molecule has 0 amide bonds. The van der Waals surface area contributed by atoms with E-state index in [0.717, 1.165) is 12.1 Å². The van der Waals surface area contributed by atoms with Gasteiger partial charge in [0.2, 0.25) is 0 Å². The van der Waals surface area contributed by atoms with Gasteiger partial charge in [-0.15, -0.1) is 0 Å². The predicted octanol–water partition coefficient (Wildman–Crippen LogP) is 4.35. The molecule has 2 rings (SSSR count). The number of benzene rings is 2. The summed E-state index contributed by atoms with van der Waals surface area (Å²) < 4.78 is 46.1. The van der Waals surface area contributed by atoms with E-state index < -0.39 is 17.5 Å². The summed E-state index contributed by atoms with van der Waals surface area (Å²) in [7, 11) is 1.58. The van der Waals surface area contributed by atoms with Crippen LogP contribution in [-0.4, -0.2) is 13.7 Å². The Bertz CT molecular complexity index is 576. The Morgan fingerprint density at radius 3 is 2.25 bits per heavy atom. The zero-order valence-electron chi connectivity index (χ0n) is 11.1. The fraction of sp³-hybridized carbons (Fsp3) is 0.250. The molecule has 0 spiro atoms. The van der Waals surface area contributed by atoms with Gasteiger partial charge in [0.1, 0.15) is 17.5 Å². The van der Waals surface area contributed by atoms with Crippen LogP contribution in [0.15, 0.2) is 36.4 Å². The van der Waals surface area contributed by atoms with Crippen molar-refractivity contribution in [3.63, 3.8) is 0 Å². The third-order valence-electron chi connectivity index (χ3n) is 3.10. The molecule has 0 heterocycles. The Morgan fingerprint density at radius 1 is 0.950 bits per heavy atom.